The van der Waals surface area contributed by atoms with Crippen molar-refractivity contribution in [2.45, 2.75) is 109 Å². The fourth-order valence-corrected chi connectivity index (χ4v) is 6.70. The van der Waals surface area contributed by atoms with E-state index in [0.717, 1.165) is 58.2 Å². The van der Waals surface area contributed by atoms with Crippen LogP contribution in [0.4, 0.5) is 4.39 Å². The van der Waals surface area contributed by atoms with E-state index in [9.17, 15) is 14.0 Å². The Morgan fingerprint density at radius 2 is 1.94 bits per heavy atom. The van der Waals surface area contributed by atoms with E-state index < -0.39 is 6.17 Å². The van der Waals surface area contributed by atoms with Gasteiger partial charge in [-0.25, -0.2) is 4.39 Å². The third-order valence-corrected chi connectivity index (χ3v) is 8.55. The van der Waals surface area contributed by atoms with Gasteiger partial charge in [0.15, 0.2) is 0 Å². The van der Waals surface area contributed by atoms with Crippen molar-refractivity contribution < 1.29 is 14.0 Å². The lowest BCUT2D eigenvalue weighted by molar-refractivity contribution is -0.134. The zero-order valence-corrected chi connectivity index (χ0v) is 19.5. The van der Waals surface area contributed by atoms with Gasteiger partial charge in [-0.3, -0.25) is 14.5 Å². The number of nitrogens with one attached hydrogen (secondary N) is 2. The number of halogens is 1. The van der Waals surface area contributed by atoms with Gasteiger partial charge in [-0.2, -0.15) is 0 Å². The number of piperazine rings is 1. The molecule has 6 nitrogen and oxygen atoms in total. The van der Waals surface area contributed by atoms with Gasteiger partial charge in [-0.15, -0.1) is 0 Å². The Labute approximate surface area is 186 Å². The molecule has 4 fully saturated rings. The van der Waals surface area contributed by atoms with Crippen LogP contribution in [0.25, 0.3) is 0 Å². The lowest BCUT2D eigenvalue weighted by atomic mass is 9.77. The minimum absolute atomic E-state index is 0.0119. The number of carbonyl (C=O) groups excluding carboxylic acids is 2. The van der Waals surface area contributed by atoms with E-state index in [1.165, 1.54) is 0 Å². The molecule has 8 atom stereocenters. The minimum Gasteiger partial charge on any atom is -0.352 e. The van der Waals surface area contributed by atoms with Crippen LogP contribution in [0.15, 0.2) is 0 Å². The van der Waals surface area contributed by atoms with Crippen LogP contribution < -0.4 is 10.6 Å². The second-order valence-electron chi connectivity index (χ2n) is 10.5. The molecule has 0 bridgehead atoms. The Kier molecular flexibility index (Phi) is 7.21. The summed E-state index contributed by atoms with van der Waals surface area (Å²) in [6.45, 7) is 8.67. The molecular formula is C24H41FN4O2. The molecular weight excluding hydrogens is 395 g/mol. The average molecular weight is 437 g/mol. The van der Waals surface area contributed by atoms with E-state index in [2.05, 4.69) is 29.4 Å². The smallest absolute Gasteiger partial charge is 0.237 e. The van der Waals surface area contributed by atoms with E-state index in [-0.39, 0.29) is 35.9 Å². The van der Waals surface area contributed by atoms with Crippen LogP contribution in [-0.2, 0) is 9.59 Å². The highest BCUT2D eigenvalue weighted by molar-refractivity contribution is 5.82. The van der Waals surface area contributed by atoms with Gasteiger partial charge in [0.25, 0.3) is 0 Å². The van der Waals surface area contributed by atoms with Gasteiger partial charge in [0.2, 0.25) is 11.8 Å². The summed E-state index contributed by atoms with van der Waals surface area (Å²) in [4.78, 5) is 29.5. The van der Waals surface area contributed by atoms with Crippen LogP contribution in [0.2, 0.25) is 0 Å². The molecule has 2 N–H and O–H groups in total. The second-order valence-corrected chi connectivity index (χ2v) is 10.5. The van der Waals surface area contributed by atoms with Crippen molar-refractivity contribution in [3.8, 4) is 0 Å². The number of fused-ring (bicyclic) bond motifs is 1. The van der Waals surface area contributed by atoms with Crippen molar-refractivity contribution in [1.29, 1.82) is 0 Å². The van der Waals surface area contributed by atoms with Crippen LogP contribution in [-0.4, -0.2) is 77.6 Å². The fourth-order valence-electron chi connectivity index (χ4n) is 6.70. The number of nitrogens with zero attached hydrogens (tertiary/aromatic N) is 2. The monoisotopic (exact) mass is 436 g/mol. The molecule has 2 amide bonds. The average Bonchev–Trinajstić information content (AvgIpc) is 3.23. The van der Waals surface area contributed by atoms with Gasteiger partial charge in [0, 0.05) is 56.6 Å². The van der Waals surface area contributed by atoms with Crippen LogP contribution in [0.3, 0.4) is 0 Å². The quantitative estimate of drug-likeness (QED) is 0.711. The van der Waals surface area contributed by atoms with E-state index in [1.807, 2.05) is 4.90 Å². The number of alkyl halides is 1. The number of hydrogen-bond donors (Lipinski definition) is 2. The van der Waals surface area contributed by atoms with E-state index in [4.69, 9.17) is 0 Å². The molecule has 2 saturated carbocycles. The Morgan fingerprint density at radius 1 is 1.13 bits per heavy atom. The number of hydrogen-bond acceptors (Lipinski definition) is 4. The molecule has 176 valence electrons. The molecule has 5 unspecified atom stereocenters. The predicted molar refractivity (Wildman–Crippen MR) is 119 cm³/mol. The zero-order valence-electron chi connectivity index (χ0n) is 19.5. The van der Waals surface area contributed by atoms with Crippen molar-refractivity contribution >= 4 is 11.8 Å². The molecule has 0 spiro atoms. The predicted octanol–water partition coefficient (Wildman–Crippen LogP) is 2.47. The van der Waals surface area contributed by atoms with Gasteiger partial charge in [-0.1, -0.05) is 13.8 Å². The first-order valence-corrected chi connectivity index (χ1v) is 12.6. The SMILES string of the molecule is CC[C@H]1CN([C@H]2CCC[C@@H](NC(=O)C3CC4C(F)CCC(C)C4N3)C2)CCN1C(C)=O. The summed E-state index contributed by atoms with van der Waals surface area (Å²) < 4.78 is 14.4. The maximum atomic E-state index is 14.4. The summed E-state index contributed by atoms with van der Waals surface area (Å²) in [6.07, 6.45) is 6.66. The van der Waals surface area contributed by atoms with Crippen molar-refractivity contribution in [2.24, 2.45) is 11.8 Å². The fraction of sp³-hybridized carbons (Fsp3) is 0.917. The summed E-state index contributed by atoms with van der Waals surface area (Å²) in [7, 11) is 0. The Balaban J connectivity index is 1.30. The zero-order chi connectivity index (χ0) is 22.1. The Hall–Kier alpha value is -1.21. The highest BCUT2D eigenvalue weighted by Crippen LogP contribution is 2.38. The number of rotatable bonds is 4. The largest absolute Gasteiger partial charge is 0.352 e. The van der Waals surface area contributed by atoms with Crippen molar-refractivity contribution in [1.82, 2.24) is 20.4 Å². The van der Waals surface area contributed by atoms with Crippen LogP contribution in [0, 0.1) is 11.8 Å². The van der Waals surface area contributed by atoms with Crippen molar-refractivity contribution in [3.63, 3.8) is 0 Å². The molecule has 2 saturated heterocycles. The molecule has 2 aliphatic carbocycles. The summed E-state index contributed by atoms with van der Waals surface area (Å²) in [5, 5.41) is 6.77. The van der Waals surface area contributed by atoms with Crippen LogP contribution in [0.5, 0.6) is 0 Å². The maximum Gasteiger partial charge on any atom is 0.237 e. The van der Waals surface area contributed by atoms with E-state index in [1.54, 1.807) is 6.92 Å². The minimum atomic E-state index is -0.772. The standard InChI is InChI=1S/C24H41FN4O2/c1-4-18-14-28(10-11-29(18)16(3)30)19-7-5-6-17(12-19)26-24(31)22-13-20-21(25)9-8-15(2)23(20)27-22/h15,17-23,27H,4-14H2,1-3H3,(H,26,31)/t15?,17-,18+,19+,20?,21?,22?,23?/m1/s1. The Bertz CT molecular complexity index is 643. The van der Waals surface area contributed by atoms with Gasteiger partial charge in [0.05, 0.1) is 6.04 Å². The normalized spacial score (nSPS) is 41.6. The highest BCUT2D eigenvalue weighted by atomic mass is 19.1. The first kappa shape index (κ1) is 23.0. The van der Waals surface area contributed by atoms with Crippen LogP contribution >= 0.6 is 0 Å². The molecule has 0 aromatic heterocycles. The van der Waals surface area contributed by atoms with Crippen molar-refractivity contribution in [3.05, 3.63) is 0 Å². The number of amides is 2. The number of carbonyl (C=O) groups is 2. The second kappa shape index (κ2) is 9.74. The van der Waals surface area contributed by atoms with E-state index in [0.29, 0.717) is 30.8 Å². The molecule has 2 aliphatic heterocycles. The molecule has 4 aliphatic rings. The van der Waals surface area contributed by atoms with Gasteiger partial charge < -0.3 is 15.5 Å². The first-order chi connectivity index (χ1) is 14.9. The lowest BCUT2D eigenvalue weighted by Crippen LogP contribution is -2.58. The molecule has 7 heteroatoms. The van der Waals surface area contributed by atoms with Crippen LogP contribution in [0.1, 0.15) is 72.1 Å². The summed E-state index contributed by atoms with van der Waals surface area (Å²) in [6, 6.07) is 0.847. The molecule has 0 aromatic carbocycles. The van der Waals surface area contributed by atoms with Crippen molar-refractivity contribution in [2.75, 3.05) is 19.6 Å². The Morgan fingerprint density at radius 3 is 2.65 bits per heavy atom. The van der Waals surface area contributed by atoms with Gasteiger partial charge in [-0.05, 0) is 57.3 Å². The van der Waals surface area contributed by atoms with E-state index >= 15 is 0 Å². The molecule has 2 heterocycles. The first-order valence-electron chi connectivity index (χ1n) is 12.6. The topological polar surface area (TPSA) is 64.7 Å². The summed E-state index contributed by atoms with van der Waals surface area (Å²) in [5.41, 5.74) is 0. The highest BCUT2D eigenvalue weighted by Gasteiger charge is 2.46. The molecule has 0 radical (unpaired) electrons. The molecule has 0 aromatic rings. The van der Waals surface area contributed by atoms with Gasteiger partial charge in [0.1, 0.15) is 6.17 Å². The lowest BCUT2D eigenvalue weighted by Gasteiger charge is -2.46. The third-order valence-electron chi connectivity index (χ3n) is 8.55. The summed E-state index contributed by atoms with van der Waals surface area (Å²) >= 11 is 0. The summed E-state index contributed by atoms with van der Waals surface area (Å²) in [5.74, 6) is 0.665. The molecule has 4 rings (SSSR count). The third kappa shape index (κ3) is 4.92. The maximum absolute atomic E-state index is 14.4. The van der Waals surface area contributed by atoms with Gasteiger partial charge >= 0.3 is 0 Å². The molecule has 31 heavy (non-hydrogen) atoms.